The molecule has 29 heavy (non-hydrogen) atoms. The Bertz CT molecular complexity index is 1090. The minimum absolute atomic E-state index is 0.188. The second-order valence-electron chi connectivity index (χ2n) is 6.88. The van der Waals surface area contributed by atoms with Crippen LogP contribution in [0.2, 0.25) is 0 Å². The highest BCUT2D eigenvalue weighted by Gasteiger charge is 2.27. The van der Waals surface area contributed by atoms with Crippen molar-refractivity contribution in [3.05, 3.63) is 54.1 Å². The molecule has 2 N–H and O–H groups in total. The van der Waals surface area contributed by atoms with Crippen LogP contribution < -0.4 is 10.6 Å². The number of rotatable bonds is 7. The Hall–Kier alpha value is -2.43. The van der Waals surface area contributed by atoms with Crippen molar-refractivity contribution in [1.82, 2.24) is 4.31 Å². The van der Waals surface area contributed by atoms with Crippen LogP contribution in [0.5, 0.6) is 0 Å². The number of amides is 1. The van der Waals surface area contributed by atoms with Crippen LogP contribution in [0.3, 0.4) is 0 Å². The predicted octanol–water partition coefficient (Wildman–Crippen LogP) is 2.14. The fourth-order valence-electron chi connectivity index (χ4n) is 3.03. The lowest BCUT2D eigenvalue weighted by Crippen LogP contribution is -2.27. The third-order valence-corrected chi connectivity index (χ3v) is 7.09. The molecular weight excluding hydrogens is 414 g/mol. The average Bonchev–Trinajstić information content (AvgIpc) is 3.22. The van der Waals surface area contributed by atoms with Gasteiger partial charge in [-0.05, 0) is 49.2 Å². The van der Waals surface area contributed by atoms with Gasteiger partial charge in [-0.2, -0.15) is 4.31 Å². The minimum atomic E-state index is -3.51. The van der Waals surface area contributed by atoms with Crippen LogP contribution in [0, 0.1) is 0 Å². The largest absolute Gasteiger partial charge is 0.371 e. The van der Waals surface area contributed by atoms with Crippen molar-refractivity contribution in [3.8, 4) is 0 Å². The first-order chi connectivity index (χ1) is 13.7. The maximum atomic E-state index is 12.6. The molecule has 0 spiro atoms. The van der Waals surface area contributed by atoms with Crippen molar-refractivity contribution < 1.29 is 21.6 Å². The predicted molar refractivity (Wildman–Crippen MR) is 112 cm³/mol. The first kappa shape index (κ1) is 21.3. The lowest BCUT2D eigenvalue weighted by molar-refractivity contribution is 0.102. The lowest BCUT2D eigenvalue weighted by atomic mass is 10.1. The maximum Gasteiger partial charge on any atom is 0.257 e. The number of sulfonamides is 1. The van der Waals surface area contributed by atoms with E-state index in [2.05, 4.69) is 10.6 Å². The fourth-order valence-corrected chi connectivity index (χ4v) is 4.97. The Morgan fingerprint density at radius 2 is 1.59 bits per heavy atom. The Labute approximate surface area is 170 Å². The summed E-state index contributed by atoms with van der Waals surface area (Å²) in [5.74, 6) is -0.725. The first-order valence-electron chi connectivity index (χ1n) is 9.09. The third kappa shape index (κ3) is 5.34. The molecule has 1 fully saturated rings. The lowest BCUT2D eigenvalue weighted by Gasteiger charge is -2.16. The van der Waals surface area contributed by atoms with Crippen molar-refractivity contribution >= 4 is 37.1 Å². The van der Waals surface area contributed by atoms with E-state index in [1.807, 2.05) is 0 Å². The summed E-state index contributed by atoms with van der Waals surface area (Å²) >= 11 is 0. The number of para-hydroxylation sites is 1. The van der Waals surface area contributed by atoms with Crippen LogP contribution >= 0.6 is 0 Å². The number of nitrogens with zero attached hydrogens (tertiary/aromatic N) is 1. The van der Waals surface area contributed by atoms with Gasteiger partial charge in [-0.3, -0.25) is 4.79 Å². The molecule has 1 amide bonds. The number of carbonyl (C=O) groups excluding carboxylic acids is 1. The fraction of sp³-hybridized carbons (Fsp3) is 0.316. The molecule has 0 aromatic heterocycles. The number of hydrogen-bond acceptors (Lipinski definition) is 6. The van der Waals surface area contributed by atoms with Gasteiger partial charge in [-0.25, -0.2) is 16.8 Å². The van der Waals surface area contributed by atoms with Gasteiger partial charge in [0.2, 0.25) is 10.0 Å². The first-order valence-corrected chi connectivity index (χ1v) is 12.6. The summed E-state index contributed by atoms with van der Waals surface area (Å²) in [6.45, 7) is 1.05. The third-order valence-electron chi connectivity index (χ3n) is 4.51. The standard InChI is InChI=1S/C19H23N3O5S2/c1-28(24,25)14-20-18-7-3-2-6-17(18)19(23)21-15-8-10-16(11-9-15)29(26,27)22-12-4-5-13-22/h2-3,6-11,20H,4-5,12-14H2,1H3,(H,21,23). The van der Waals surface area contributed by atoms with Crippen molar-refractivity contribution in [2.75, 3.05) is 35.9 Å². The molecule has 0 unspecified atom stereocenters. The summed E-state index contributed by atoms with van der Waals surface area (Å²) in [5.41, 5.74) is 1.11. The molecule has 2 aromatic carbocycles. The molecule has 0 aliphatic carbocycles. The molecule has 2 aromatic rings. The van der Waals surface area contributed by atoms with Crippen LogP contribution in [-0.2, 0) is 19.9 Å². The zero-order chi connectivity index (χ0) is 21.1. The topological polar surface area (TPSA) is 113 Å². The van der Waals surface area contributed by atoms with E-state index in [9.17, 15) is 21.6 Å². The van der Waals surface area contributed by atoms with Gasteiger partial charge in [0.15, 0.2) is 9.84 Å². The molecule has 1 heterocycles. The SMILES string of the molecule is CS(=O)(=O)CNc1ccccc1C(=O)Nc1ccc(S(=O)(=O)N2CCCC2)cc1. The highest BCUT2D eigenvalue weighted by molar-refractivity contribution is 7.90. The van der Waals surface area contributed by atoms with Crippen LogP contribution in [0.4, 0.5) is 11.4 Å². The molecule has 0 radical (unpaired) electrons. The van der Waals surface area contributed by atoms with Gasteiger partial charge >= 0.3 is 0 Å². The average molecular weight is 438 g/mol. The van der Waals surface area contributed by atoms with Crippen molar-refractivity contribution in [3.63, 3.8) is 0 Å². The number of hydrogen-bond donors (Lipinski definition) is 2. The highest BCUT2D eigenvalue weighted by Crippen LogP contribution is 2.23. The summed E-state index contributed by atoms with van der Waals surface area (Å²) in [5, 5.41) is 5.45. The van der Waals surface area contributed by atoms with Gasteiger partial charge < -0.3 is 10.6 Å². The molecule has 1 saturated heterocycles. The summed E-state index contributed by atoms with van der Waals surface area (Å²) < 4.78 is 49.3. The Morgan fingerprint density at radius 3 is 2.21 bits per heavy atom. The van der Waals surface area contributed by atoms with E-state index < -0.39 is 25.8 Å². The number of nitrogens with one attached hydrogen (secondary N) is 2. The van der Waals surface area contributed by atoms with Gasteiger partial charge in [-0.1, -0.05) is 12.1 Å². The van der Waals surface area contributed by atoms with Gasteiger partial charge in [0.25, 0.3) is 5.91 Å². The second-order valence-corrected chi connectivity index (χ2v) is 11.0. The Morgan fingerprint density at radius 1 is 0.966 bits per heavy atom. The van der Waals surface area contributed by atoms with Crippen molar-refractivity contribution in [2.45, 2.75) is 17.7 Å². The summed E-state index contributed by atoms with van der Waals surface area (Å²) in [4.78, 5) is 12.8. The molecule has 156 valence electrons. The molecule has 1 aliphatic rings. The molecular formula is C19H23N3O5S2. The van der Waals surface area contributed by atoms with E-state index in [4.69, 9.17) is 0 Å². The van der Waals surface area contributed by atoms with E-state index in [1.165, 1.54) is 28.6 Å². The smallest absolute Gasteiger partial charge is 0.257 e. The maximum absolute atomic E-state index is 12.6. The Kier molecular flexibility index (Phi) is 6.25. The zero-order valence-corrected chi connectivity index (χ0v) is 17.6. The molecule has 10 heteroatoms. The van der Waals surface area contributed by atoms with Crippen LogP contribution in [0.25, 0.3) is 0 Å². The monoisotopic (exact) mass is 437 g/mol. The number of sulfone groups is 1. The van der Waals surface area contributed by atoms with E-state index in [0.29, 0.717) is 24.5 Å². The van der Waals surface area contributed by atoms with Crippen molar-refractivity contribution in [2.24, 2.45) is 0 Å². The number of benzene rings is 2. The van der Waals surface area contributed by atoms with E-state index in [-0.39, 0.29) is 16.3 Å². The van der Waals surface area contributed by atoms with Gasteiger partial charge in [0, 0.05) is 30.7 Å². The zero-order valence-electron chi connectivity index (χ0n) is 16.0. The second kappa shape index (κ2) is 8.52. The Balaban J connectivity index is 1.73. The molecule has 0 bridgehead atoms. The van der Waals surface area contributed by atoms with Gasteiger partial charge in [-0.15, -0.1) is 0 Å². The normalized spacial score (nSPS) is 15.2. The van der Waals surface area contributed by atoms with Gasteiger partial charge in [0.05, 0.1) is 10.5 Å². The molecule has 3 rings (SSSR count). The molecule has 1 aliphatic heterocycles. The van der Waals surface area contributed by atoms with Crippen LogP contribution in [-0.4, -0.2) is 52.3 Å². The minimum Gasteiger partial charge on any atom is -0.371 e. The van der Waals surface area contributed by atoms with E-state index in [1.54, 1.807) is 24.3 Å². The summed E-state index contributed by atoms with van der Waals surface area (Å²) in [6.07, 6.45) is 2.82. The van der Waals surface area contributed by atoms with Gasteiger partial charge in [0.1, 0.15) is 5.88 Å². The van der Waals surface area contributed by atoms with Crippen molar-refractivity contribution in [1.29, 1.82) is 0 Å². The van der Waals surface area contributed by atoms with E-state index >= 15 is 0 Å². The summed E-state index contributed by atoms with van der Waals surface area (Å²) in [7, 11) is -6.76. The summed E-state index contributed by atoms with van der Waals surface area (Å²) in [6, 6.07) is 12.6. The van der Waals surface area contributed by atoms with Crippen LogP contribution in [0.1, 0.15) is 23.2 Å². The molecule has 0 saturated carbocycles. The molecule has 0 atom stereocenters. The quantitative estimate of drug-likeness (QED) is 0.686. The number of anilines is 2. The number of carbonyl (C=O) groups is 1. The van der Waals surface area contributed by atoms with Crippen LogP contribution in [0.15, 0.2) is 53.4 Å². The highest BCUT2D eigenvalue weighted by atomic mass is 32.2. The van der Waals surface area contributed by atoms with E-state index in [0.717, 1.165) is 19.1 Å². The molecule has 8 nitrogen and oxygen atoms in total.